The van der Waals surface area contributed by atoms with E-state index in [0.29, 0.717) is 0 Å². The minimum Gasteiger partial charge on any atom is -0.307 e. The molecule has 0 amide bonds. The van der Waals surface area contributed by atoms with Crippen LogP contribution in [0.4, 0.5) is 0 Å². The quantitative estimate of drug-likeness (QED) is 0.502. The molecule has 0 fully saturated rings. The molecule has 0 saturated heterocycles. The molecule has 0 aliphatic rings. The second-order valence-electron chi connectivity index (χ2n) is 1.82. The standard InChI is InChI=1S/C5H14N2.CH2O/c1-5-7(4)6(2)3;1-2/h5H2,1-4H3;1H2. The largest absolute Gasteiger partial charge is 0.307 e. The lowest BCUT2D eigenvalue weighted by atomic mass is 10.7. The van der Waals surface area contributed by atoms with Crippen LogP contribution in [0.25, 0.3) is 0 Å². The van der Waals surface area contributed by atoms with Crippen LogP contribution >= 0.6 is 0 Å². The summed E-state index contributed by atoms with van der Waals surface area (Å²) in [6.45, 7) is 5.20. The molecule has 0 spiro atoms. The summed E-state index contributed by atoms with van der Waals surface area (Å²) < 4.78 is 0. The normalized spacial score (nSPS) is 9.11. The highest BCUT2D eigenvalue weighted by Gasteiger charge is 1.91. The van der Waals surface area contributed by atoms with Gasteiger partial charge >= 0.3 is 0 Å². The van der Waals surface area contributed by atoms with Crippen molar-refractivity contribution in [3.05, 3.63) is 0 Å². The Bertz CT molecular complexity index is 57.0. The lowest BCUT2D eigenvalue weighted by Crippen LogP contribution is -2.32. The number of nitrogens with zero attached hydrogens (tertiary/aromatic N) is 2. The van der Waals surface area contributed by atoms with E-state index in [0.717, 1.165) is 6.54 Å². The van der Waals surface area contributed by atoms with Gasteiger partial charge in [0.05, 0.1) is 0 Å². The van der Waals surface area contributed by atoms with Crippen LogP contribution in [0.2, 0.25) is 0 Å². The maximum absolute atomic E-state index is 8.00. The molecule has 0 saturated carbocycles. The Morgan fingerprint density at radius 2 is 1.56 bits per heavy atom. The van der Waals surface area contributed by atoms with Gasteiger partial charge in [0.1, 0.15) is 6.79 Å². The highest BCUT2D eigenvalue weighted by Crippen LogP contribution is 1.80. The summed E-state index contributed by atoms with van der Waals surface area (Å²) in [5, 5.41) is 4.18. The molecule has 0 aromatic carbocycles. The molecule has 0 heterocycles. The van der Waals surface area contributed by atoms with Crippen LogP contribution in [-0.2, 0) is 4.79 Å². The second kappa shape index (κ2) is 7.59. The summed E-state index contributed by atoms with van der Waals surface area (Å²) in [5.74, 6) is 0. The summed E-state index contributed by atoms with van der Waals surface area (Å²) >= 11 is 0. The van der Waals surface area contributed by atoms with Gasteiger partial charge in [0, 0.05) is 27.7 Å². The number of carbonyl (C=O) groups excluding carboxylic acids is 1. The molecule has 0 bridgehead atoms. The SMILES string of the molecule is C=O.CCN(C)N(C)C. The van der Waals surface area contributed by atoms with E-state index in [4.69, 9.17) is 4.79 Å². The third-order valence-corrected chi connectivity index (χ3v) is 1.14. The molecule has 9 heavy (non-hydrogen) atoms. The van der Waals surface area contributed by atoms with E-state index in [1.165, 1.54) is 0 Å². The van der Waals surface area contributed by atoms with Crippen molar-refractivity contribution in [3.63, 3.8) is 0 Å². The van der Waals surface area contributed by atoms with Crippen molar-refractivity contribution in [3.8, 4) is 0 Å². The minimum atomic E-state index is 1.08. The fourth-order valence-electron chi connectivity index (χ4n) is 0.283. The maximum Gasteiger partial charge on any atom is 0.106 e. The molecule has 0 radical (unpaired) electrons. The van der Waals surface area contributed by atoms with Gasteiger partial charge in [-0.2, -0.15) is 0 Å². The van der Waals surface area contributed by atoms with Gasteiger partial charge in [0.15, 0.2) is 0 Å². The van der Waals surface area contributed by atoms with E-state index < -0.39 is 0 Å². The van der Waals surface area contributed by atoms with Gasteiger partial charge in [0.25, 0.3) is 0 Å². The van der Waals surface area contributed by atoms with Crippen LogP contribution in [0.5, 0.6) is 0 Å². The van der Waals surface area contributed by atoms with Crippen LogP contribution in [0.3, 0.4) is 0 Å². The van der Waals surface area contributed by atoms with E-state index >= 15 is 0 Å². The van der Waals surface area contributed by atoms with Gasteiger partial charge in [-0.3, -0.25) is 0 Å². The number of carbonyl (C=O) groups is 1. The first-order valence-corrected chi connectivity index (χ1v) is 2.85. The average molecular weight is 132 g/mol. The Morgan fingerprint density at radius 3 is 1.56 bits per heavy atom. The Balaban J connectivity index is 0. The van der Waals surface area contributed by atoms with Gasteiger partial charge in [-0.1, -0.05) is 6.92 Å². The summed E-state index contributed by atoms with van der Waals surface area (Å²) in [4.78, 5) is 8.00. The average Bonchev–Trinajstić information content (AvgIpc) is 1.91. The van der Waals surface area contributed by atoms with Gasteiger partial charge in [-0.15, -0.1) is 0 Å². The molecule has 0 aromatic heterocycles. The number of hydrogen-bond donors (Lipinski definition) is 0. The van der Waals surface area contributed by atoms with Gasteiger partial charge in [0.2, 0.25) is 0 Å². The lowest BCUT2D eigenvalue weighted by molar-refractivity contribution is -0.0979. The van der Waals surface area contributed by atoms with Crippen molar-refractivity contribution in [1.29, 1.82) is 0 Å². The molecule has 56 valence electrons. The Hall–Kier alpha value is -0.410. The Labute approximate surface area is 57.2 Å². The molecule has 0 unspecified atom stereocenters. The van der Waals surface area contributed by atoms with Crippen molar-refractivity contribution < 1.29 is 4.79 Å². The molecular weight excluding hydrogens is 116 g/mol. The third-order valence-electron chi connectivity index (χ3n) is 1.14. The summed E-state index contributed by atoms with van der Waals surface area (Å²) in [5.41, 5.74) is 0. The van der Waals surface area contributed by atoms with Crippen LogP contribution in [0, 0.1) is 0 Å². The summed E-state index contributed by atoms with van der Waals surface area (Å²) in [6, 6.07) is 0. The van der Waals surface area contributed by atoms with E-state index in [1.807, 2.05) is 20.9 Å². The van der Waals surface area contributed by atoms with E-state index in [2.05, 4.69) is 24.0 Å². The molecule has 0 aliphatic heterocycles. The van der Waals surface area contributed by atoms with Crippen LogP contribution in [0.1, 0.15) is 6.92 Å². The first-order valence-electron chi connectivity index (χ1n) is 2.85. The molecular formula is C6H16N2O. The fourth-order valence-corrected chi connectivity index (χ4v) is 0.283. The van der Waals surface area contributed by atoms with Gasteiger partial charge < -0.3 is 4.79 Å². The molecule has 0 aromatic rings. The minimum absolute atomic E-state index is 1.08. The smallest absolute Gasteiger partial charge is 0.106 e. The van der Waals surface area contributed by atoms with Gasteiger partial charge in [-0.25, -0.2) is 10.0 Å². The van der Waals surface area contributed by atoms with Crippen molar-refractivity contribution >= 4 is 6.79 Å². The highest BCUT2D eigenvalue weighted by atomic mass is 16.1. The summed E-state index contributed by atoms with van der Waals surface area (Å²) in [6.07, 6.45) is 0. The topological polar surface area (TPSA) is 23.6 Å². The van der Waals surface area contributed by atoms with E-state index in [1.54, 1.807) is 0 Å². The predicted octanol–water partition coefficient (Wildman–Crippen LogP) is 0.230. The number of rotatable bonds is 2. The zero-order valence-corrected chi connectivity index (χ0v) is 6.72. The monoisotopic (exact) mass is 132 g/mol. The predicted molar refractivity (Wildman–Crippen MR) is 39.1 cm³/mol. The second-order valence-corrected chi connectivity index (χ2v) is 1.82. The van der Waals surface area contributed by atoms with Crippen LogP contribution in [-0.4, -0.2) is 44.5 Å². The molecule has 0 aliphatic carbocycles. The third kappa shape index (κ3) is 7.59. The van der Waals surface area contributed by atoms with Gasteiger partial charge in [-0.05, 0) is 0 Å². The Morgan fingerprint density at radius 1 is 1.22 bits per heavy atom. The van der Waals surface area contributed by atoms with Crippen molar-refractivity contribution in [1.82, 2.24) is 10.0 Å². The lowest BCUT2D eigenvalue weighted by Gasteiger charge is -2.21. The molecule has 0 rings (SSSR count). The first kappa shape index (κ1) is 11.4. The maximum atomic E-state index is 8.00. The van der Waals surface area contributed by atoms with Crippen molar-refractivity contribution in [2.24, 2.45) is 0 Å². The number of hydrazine groups is 1. The zero-order chi connectivity index (χ0) is 7.86. The Kier molecular flexibility index (Phi) is 9.61. The van der Waals surface area contributed by atoms with E-state index in [9.17, 15) is 0 Å². The zero-order valence-electron chi connectivity index (χ0n) is 6.72. The highest BCUT2D eigenvalue weighted by molar-refractivity contribution is 5.10. The molecule has 3 nitrogen and oxygen atoms in total. The van der Waals surface area contributed by atoms with Crippen molar-refractivity contribution in [2.75, 3.05) is 27.7 Å². The molecule has 0 atom stereocenters. The fraction of sp³-hybridized carbons (Fsp3) is 0.833. The number of hydrogen-bond acceptors (Lipinski definition) is 3. The molecule has 3 heteroatoms. The molecule has 0 N–H and O–H groups in total. The van der Waals surface area contributed by atoms with E-state index in [-0.39, 0.29) is 0 Å². The van der Waals surface area contributed by atoms with Crippen LogP contribution in [0.15, 0.2) is 0 Å². The summed E-state index contributed by atoms with van der Waals surface area (Å²) in [7, 11) is 6.12. The van der Waals surface area contributed by atoms with Crippen molar-refractivity contribution in [2.45, 2.75) is 6.92 Å². The first-order chi connectivity index (χ1) is 4.18. The van der Waals surface area contributed by atoms with Crippen LogP contribution < -0.4 is 0 Å².